The van der Waals surface area contributed by atoms with E-state index in [0.29, 0.717) is 18.5 Å². The standard InChI is InChI=1S/C17H24F2N4/c1-10-16(12-7-15(19)11(2)20-9-12)22(3)23(4)17(10)21-14-6-5-13(18)8-14/h7,9,13-14,17,21H,5-6,8H2,1-4H3/t13-,14+,17?/m1/s1. The van der Waals surface area contributed by atoms with Crippen LogP contribution in [0.5, 0.6) is 0 Å². The molecule has 0 saturated heterocycles. The van der Waals surface area contributed by atoms with Crippen LogP contribution in [0.15, 0.2) is 17.8 Å². The summed E-state index contributed by atoms with van der Waals surface area (Å²) in [6.07, 6.45) is 3.06. The van der Waals surface area contributed by atoms with E-state index in [1.165, 1.54) is 6.07 Å². The summed E-state index contributed by atoms with van der Waals surface area (Å²) in [5.41, 5.74) is 3.21. The number of hydrogen-bond acceptors (Lipinski definition) is 4. The van der Waals surface area contributed by atoms with Crippen molar-refractivity contribution >= 4 is 5.70 Å². The number of hydrogen-bond donors (Lipinski definition) is 1. The first-order chi connectivity index (χ1) is 10.9. The number of pyridine rings is 1. The number of nitrogens with one attached hydrogen (secondary N) is 1. The average Bonchev–Trinajstić information content (AvgIpc) is 3.00. The second-order valence-corrected chi connectivity index (χ2v) is 6.60. The molecule has 1 aliphatic heterocycles. The quantitative estimate of drug-likeness (QED) is 0.927. The molecule has 1 saturated carbocycles. The third-order valence-electron chi connectivity index (χ3n) is 5.01. The highest BCUT2D eigenvalue weighted by Gasteiger charge is 2.36. The second kappa shape index (κ2) is 6.17. The van der Waals surface area contributed by atoms with Gasteiger partial charge in [-0.05, 0) is 44.7 Å². The monoisotopic (exact) mass is 322 g/mol. The van der Waals surface area contributed by atoms with E-state index in [1.54, 1.807) is 13.1 Å². The van der Waals surface area contributed by atoms with Crippen molar-refractivity contribution in [2.75, 3.05) is 14.1 Å². The summed E-state index contributed by atoms with van der Waals surface area (Å²) in [6.45, 7) is 3.69. The van der Waals surface area contributed by atoms with Crippen molar-refractivity contribution in [3.8, 4) is 0 Å². The number of rotatable bonds is 3. The van der Waals surface area contributed by atoms with Crippen molar-refractivity contribution in [2.45, 2.75) is 51.5 Å². The molecule has 126 valence electrons. The Labute approximate surface area is 136 Å². The van der Waals surface area contributed by atoms with Gasteiger partial charge in [0.1, 0.15) is 18.2 Å². The van der Waals surface area contributed by atoms with Crippen LogP contribution in [0.25, 0.3) is 5.70 Å². The molecule has 1 unspecified atom stereocenters. The average molecular weight is 322 g/mol. The summed E-state index contributed by atoms with van der Waals surface area (Å²) in [6, 6.07) is 1.72. The Bertz CT molecular complexity index is 631. The zero-order valence-corrected chi connectivity index (χ0v) is 14.1. The highest BCUT2D eigenvalue weighted by molar-refractivity contribution is 5.68. The molecule has 0 aromatic carbocycles. The Hall–Kier alpha value is -1.53. The van der Waals surface area contributed by atoms with Gasteiger partial charge in [0.25, 0.3) is 0 Å². The molecule has 0 spiro atoms. The van der Waals surface area contributed by atoms with Gasteiger partial charge in [-0.15, -0.1) is 0 Å². The van der Waals surface area contributed by atoms with Gasteiger partial charge in [0.15, 0.2) is 0 Å². The molecule has 1 fully saturated rings. The molecule has 6 heteroatoms. The molecule has 0 amide bonds. The molecule has 0 radical (unpaired) electrons. The molecule has 1 aliphatic carbocycles. The minimum absolute atomic E-state index is 0.00494. The molecule has 2 heterocycles. The number of alkyl halides is 1. The van der Waals surface area contributed by atoms with Crippen molar-refractivity contribution < 1.29 is 8.78 Å². The van der Waals surface area contributed by atoms with E-state index in [9.17, 15) is 8.78 Å². The predicted octanol–water partition coefficient (Wildman–Crippen LogP) is 2.86. The first-order valence-electron chi connectivity index (χ1n) is 8.08. The largest absolute Gasteiger partial charge is 0.307 e. The molecule has 3 rings (SSSR count). The van der Waals surface area contributed by atoms with Gasteiger partial charge in [0.2, 0.25) is 0 Å². The summed E-state index contributed by atoms with van der Waals surface area (Å²) in [4.78, 5) is 4.13. The summed E-state index contributed by atoms with van der Waals surface area (Å²) >= 11 is 0. The van der Waals surface area contributed by atoms with Crippen LogP contribution >= 0.6 is 0 Å². The van der Waals surface area contributed by atoms with Crippen molar-refractivity contribution in [1.82, 2.24) is 20.3 Å². The van der Waals surface area contributed by atoms with E-state index < -0.39 is 6.17 Å². The van der Waals surface area contributed by atoms with Crippen LogP contribution in [-0.2, 0) is 0 Å². The molecule has 2 aliphatic rings. The minimum Gasteiger partial charge on any atom is -0.307 e. The summed E-state index contributed by atoms with van der Waals surface area (Å²) < 4.78 is 27.3. The smallest absolute Gasteiger partial charge is 0.145 e. The van der Waals surface area contributed by atoms with Crippen LogP contribution in [0.4, 0.5) is 8.78 Å². The molecule has 3 atom stereocenters. The van der Waals surface area contributed by atoms with Crippen molar-refractivity contribution in [3.05, 3.63) is 34.9 Å². The molecule has 1 aromatic heterocycles. The van der Waals surface area contributed by atoms with Gasteiger partial charge in [-0.3, -0.25) is 10.3 Å². The van der Waals surface area contributed by atoms with E-state index in [0.717, 1.165) is 23.3 Å². The molecule has 4 nitrogen and oxygen atoms in total. The van der Waals surface area contributed by atoms with Crippen molar-refractivity contribution in [2.24, 2.45) is 0 Å². The topological polar surface area (TPSA) is 31.4 Å². The Morgan fingerprint density at radius 2 is 2.00 bits per heavy atom. The number of aryl methyl sites for hydroxylation is 1. The zero-order valence-electron chi connectivity index (χ0n) is 14.1. The van der Waals surface area contributed by atoms with Crippen molar-refractivity contribution in [1.29, 1.82) is 0 Å². The second-order valence-electron chi connectivity index (χ2n) is 6.60. The first-order valence-corrected chi connectivity index (χ1v) is 8.08. The summed E-state index contributed by atoms with van der Waals surface area (Å²) in [5, 5.41) is 7.60. The van der Waals surface area contributed by atoms with E-state index in [4.69, 9.17) is 0 Å². The number of halogens is 2. The molecule has 23 heavy (non-hydrogen) atoms. The highest BCUT2D eigenvalue weighted by atomic mass is 19.1. The van der Waals surface area contributed by atoms with Crippen LogP contribution in [-0.4, -0.2) is 47.5 Å². The number of nitrogens with zero attached hydrogens (tertiary/aromatic N) is 3. The third kappa shape index (κ3) is 2.97. The van der Waals surface area contributed by atoms with Gasteiger partial charge in [-0.2, -0.15) is 0 Å². The normalized spacial score (nSPS) is 29.0. The fourth-order valence-corrected chi connectivity index (χ4v) is 3.58. The third-order valence-corrected chi connectivity index (χ3v) is 5.01. The number of hydrazine groups is 1. The predicted molar refractivity (Wildman–Crippen MR) is 86.5 cm³/mol. The Morgan fingerprint density at radius 1 is 1.26 bits per heavy atom. The fraction of sp³-hybridized carbons (Fsp3) is 0.588. The lowest BCUT2D eigenvalue weighted by molar-refractivity contribution is 0.0595. The molecular formula is C17H24F2N4. The van der Waals surface area contributed by atoms with Gasteiger partial charge in [0, 0.05) is 31.9 Å². The van der Waals surface area contributed by atoms with Crippen LogP contribution in [0, 0.1) is 12.7 Å². The van der Waals surface area contributed by atoms with Crippen molar-refractivity contribution in [3.63, 3.8) is 0 Å². The first kappa shape index (κ1) is 16.3. The van der Waals surface area contributed by atoms with Gasteiger partial charge >= 0.3 is 0 Å². The van der Waals surface area contributed by atoms with E-state index >= 15 is 0 Å². The van der Waals surface area contributed by atoms with Gasteiger partial charge in [-0.1, -0.05) is 0 Å². The zero-order chi connectivity index (χ0) is 16.7. The van der Waals surface area contributed by atoms with E-state index in [2.05, 4.69) is 15.3 Å². The van der Waals surface area contributed by atoms with Crippen LogP contribution in [0.1, 0.15) is 37.4 Å². The Balaban J connectivity index is 1.87. The maximum Gasteiger partial charge on any atom is 0.145 e. The van der Waals surface area contributed by atoms with Gasteiger partial charge < -0.3 is 5.01 Å². The lowest BCUT2D eigenvalue weighted by atomic mass is 10.1. The summed E-state index contributed by atoms with van der Waals surface area (Å²) in [7, 11) is 3.93. The maximum atomic E-state index is 13.9. The molecule has 0 bridgehead atoms. The van der Waals surface area contributed by atoms with E-state index in [-0.39, 0.29) is 18.0 Å². The summed E-state index contributed by atoms with van der Waals surface area (Å²) in [5.74, 6) is -0.300. The fourth-order valence-electron chi connectivity index (χ4n) is 3.58. The SMILES string of the molecule is CC1=C(c2cnc(C)c(F)c2)N(C)N(C)C1N[C@H]1CC[C@@H](F)C1. The highest BCUT2D eigenvalue weighted by Crippen LogP contribution is 2.34. The number of aromatic nitrogens is 1. The van der Waals surface area contributed by atoms with Crippen LogP contribution in [0.3, 0.4) is 0 Å². The minimum atomic E-state index is -0.698. The molecule has 1 N–H and O–H groups in total. The Morgan fingerprint density at radius 3 is 2.61 bits per heavy atom. The lowest BCUT2D eigenvalue weighted by Crippen LogP contribution is -2.48. The van der Waals surface area contributed by atoms with Crippen LogP contribution in [0.2, 0.25) is 0 Å². The van der Waals surface area contributed by atoms with Gasteiger partial charge in [-0.25, -0.2) is 13.8 Å². The number of likely N-dealkylation sites (N-methyl/N-ethyl adjacent to an activating group) is 1. The Kier molecular flexibility index (Phi) is 4.38. The van der Waals surface area contributed by atoms with Crippen LogP contribution < -0.4 is 5.32 Å². The van der Waals surface area contributed by atoms with E-state index in [1.807, 2.05) is 26.0 Å². The van der Waals surface area contributed by atoms with Gasteiger partial charge in [0.05, 0.1) is 11.4 Å². The molecule has 1 aromatic rings. The maximum absolute atomic E-state index is 13.9. The molecular weight excluding hydrogens is 298 g/mol. The lowest BCUT2D eigenvalue weighted by Gasteiger charge is -2.31.